The number of hydrogen-bond donors (Lipinski definition) is 0. The van der Waals surface area contributed by atoms with Gasteiger partial charge in [-0.15, -0.1) is 0 Å². The van der Waals surface area contributed by atoms with Crippen molar-refractivity contribution in [2.45, 2.75) is 44.8 Å². The highest BCUT2D eigenvalue weighted by Crippen LogP contribution is 2.31. The molecular formula is C9H14F3NO. The van der Waals surface area contributed by atoms with Gasteiger partial charge in [-0.1, -0.05) is 6.92 Å². The van der Waals surface area contributed by atoms with Crippen molar-refractivity contribution in [2.24, 2.45) is 0 Å². The number of hydrogen-bond acceptors (Lipinski definition) is 1. The molecule has 1 unspecified atom stereocenters. The third-order valence-electron chi connectivity index (χ3n) is 2.50. The maximum atomic E-state index is 12.5. The Kier molecular flexibility index (Phi) is 3.39. The van der Waals surface area contributed by atoms with Crippen LogP contribution >= 0.6 is 0 Å². The first kappa shape index (κ1) is 11.3. The molecule has 0 N–H and O–H groups in total. The molecular weight excluding hydrogens is 195 g/mol. The van der Waals surface area contributed by atoms with Gasteiger partial charge in [0, 0.05) is 13.0 Å². The van der Waals surface area contributed by atoms with Crippen LogP contribution in [0, 0.1) is 0 Å². The van der Waals surface area contributed by atoms with Crippen molar-refractivity contribution < 1.29 is 18.0 Å². The maximum absolute atomic E-state index is 12.5. The molecule has 2 nitrogen and oxygen atoms in total. The SMILES string of the molecule is CCC(=O)N1CCCCC1C(F)(F)F. The van der Waals surface area contributed by atoms with Crippen LogP contribution in [0.5, 0.6) is 0 Å². The van der Waals surface area contributed by atoms with E-state index in [9.17, 15) is 18.0 Å². The van der Waals surface area contributed by atoms with Crippen molar-refractivity contribution in [3.63, 3.8) is 0 Å². The van der Waals surface area contributed by atoms with Gasteiger partial charge in [0.25, 0.3) is 0 Å². The first-order chi connectivity index (χ1) is 6.46. The molecule has 1 aliphatic rings. The maximum Gasteiger partial charge on any atom is 0.408 e. The Bertz CT molecular complexity index is 215. The van der Waals surface area contributed by atoms with E-state index in [0.29, 0.717) is 12.8 Å². The molecule has 1 saturated heterocycles. The van der Waals surface area contributed by atoms with E-state index in [2.05, 4.69) is 0 Å². The topological polar surface area (TPSA) is 20.3 Å². The Morgan fingerprint density at radius 3 is 2.57 bits per heavy atom. The summed E-state index contributed by atoms with van der Waals surface area (Å²) in [4.78, 5) is 12.2. The lowest BCUT2D eigenvalue weighted by Crippen LogP contribution is -2.51. The van der Waals surface area contributed by atoms with Crippen LogP contribution in [0.3, 0.4) is 0 Å². The minimum Gasteiger partial charge on any atom is -0.331 e. The number of carbonyl (C=O) groups excluding carboxylic acids is 1. The van der Waals surface area contributed by atoms with Crippen molar-refractivity contribution in [1.82, 2.24) is 4.90 Å². The van der Waals surface area contributed by atoms with Crippen LogP contribution in [0.15, 0.2) is 0 Å². The van der Waals surface area contributed by atoms with Crippen LogP contribution in [-0.2, 0) is 4.79 Å². The van der Waals surface area contributed by atoms with Gasteiger partial charge < -0.3 is 4.90 Å². The van der Waals surface area contributed by atoms with Crippen LogP contribution in [0.2, 0.25) is 0 Å². The molecule has 0 aromatic heterocycles. The largest absolute Gasteiger partial charge is 0.408 e. The molecule has 0 aromatic carbocycles. The molecule has 0 spiro atoms. The third-order valence-corrected chi connectivity index (χ3v) is 2.50. The van der Waals surface area contributed by atoms with E-state index in [1.807, 2.05) is 0 Å². The molecule has 1 aliphatic heterocycles. The van der Waals surface area contributed by atoms with Crippen LogP contribution in [0.25, 0.3) is 0 Å². The molecule has 5 heteroatoms. The summed E-state index contributed by atoms with van der Waals surface area (Å²) in [5.41, 5.74) is 0. The predicted molar refractivity (Wildman–Crippen MR) is 45.7 cm³/mol. The molecule has 1 amide bonds. The fraction of sp³-hybridized carbons (Fsp3) is 0.889. The van der Waals surface area contributed by atoms with Gasteiger partial charge in [-0.25, -0.2) is 0 Å². The normalized spacial score (nSPS) is 23.7. The molecule has 0 aromatic rings. The number of carbonyl (C=O) groups is 1. The zero-order valence-electron chi connectivity index (χ0n) is 8.10. The fourth-order valence-corrected chi connectivity index (χ4v) is 1.77. The van der Waals surface area contributed by atoms with Crippen molar-refractivity contribution in [3.8, 4) is 0 Å². The Balaban J connectivity index is 2.74. The van der Waals surface area contributed by atoms with E-state index in [0.717, 1.165) is 4.90 Å². The first-order valence-electron chi connectivity index (χ1n) is 4.83. The fourth-order valence-electron chi connectivity index (χ4n) is 1.77. The van der Waals surface area contributed by atoms with Crippen molar-refractivity contribution in [3.05, 3.63) is 0 Å². The van der Waals surface area contributed by atoms with Crippen LogP contribution in [-0.4, -0.2) is 29.6 Å². The number of halogens is 3. The summed E-state index contributed by atoms with van der Waals surface area (Å²) in [6, 6.07) is -1.55. The second-order valence-electron chi connectivity index (χ2n) is 3.49. The van der Waals surface area contributed by atoms with Gasteiger partial charge in [0.05, 0.1) is 0 Å². The van der Waals surface area contributed by atoms with Crippen molar-refractivity contribution >= 4 is 5.91 Å². The highest BCUT2D eigenvalue weighted by Gasteiger charge is 2.45. The number of piperidine rings is 1. The number of alkyl halides is 3. The van der Waals surface area contributed by atoms with E-state index >= 15 is 0 Å². The molecule has 0 bridgehead atoms. The number of rotatable bonds is 1. The summed E-state index contributed by atoms with van der Waals surface area (Å²) >= 11 is 0. The van der Waals surface area contributed by atoms with Crippen LogP contribution < -0.4 is 0 Å². The van der Waals surface area contributed by atoms with Gasteiger partial charge >= 0.3 is 6.18 Å². The van der Waals surface area contributed by atoms with Gasteiger partial charge in [-0.05, 0) is 19.3 Å². The summed E-state index contributed by atoms with van der Waals surface area (Å²) in [7, 11) is 0. The average molecular weight is 209 g/mol. The van der Waals surface area contributed by atoms with Crippen LogP contribution in [0.1, 0.15) is 32.6 Å². The number of likely N-dealkylation sites (tertiary alicyclic amines) is 1. The van der Waals surface area contributed by atoms with E-state index in [4.69, 9.17) is 0 Å². The standard InChI is InChI=1S/C9H14F3NO/c1-2-8(14)13-6-4-3-5-7(13)9(10,11)12/h7H,2-6H2,1H3. The molecule has 0 radical (unpaired) electrons. The lowest BCUT2D eigenvalue weighted by atomic mass is 10.0. The summed E-state index contributed by atoms with van der Waals surface area (Å²) in [6.07, 6.45) is -2.84. The summed E-state index contributed by atoms with van der Waals surface area (Å²) in [5, 5.41) is 0. The second kappa shape index (κ2) is 4.19. The molecule has 1 rings (SSSR count). The van der Waals surface area contributed by atoms with Gasteiger partial charge in [0.2, 0.25) is 5.91 Å². The monoisotopic (exact) mass is 209 g/mol. The number of amides is 1. The smallest absolute Gasteiger partial charge is 0.331 e. The molecule has 1 atom stereocenters. The van der Waals surface area contributed by atoms with Gasteiger partial charge in [0.1, 0.15) is 6.04 Å². The lowest BCUT2D eigenvalue weighted by molar-refractivity contribution is -0.195. The van der Waals surface area contributed by atoms with E-state index in [1.54, 1.807) is 6.92 Å². The molecule has 0 saturated carbocycles. The Morgan fingerprint density at radius 1 is 1.43 bits per heavy atom. The van der Waals surface area contributed by atoms with E-state index < -0.39 is 18.1 Å². The van der Waals surface area contributed by atoms with Crippen molar-refractivity contribution in [2.75, 3.05) is 6.54 Å². The first-order valence-corrected chi connectivity index (χ1v) is 4.83. The molecule has 1 heterocycles. The summed E-state index contributed by atoms with van der Waals surface area (Å²) < 4.78 is 37.5. The summed E-state index contributed by atoms with van der Waals surface area (Å²) in [6.45, 7) is 1.83. The number of nitrogens with zero attached hydrogens (tertiary/aromatic N) is 1. The predicted octanol–water partition coefficient (Wildman–Crippen LogP) is 2.34. The molecule has 0 aliphatic carbocycles. The zero-order valence-corrected chi connectivity index (χ0v) is 8.10. The van der Waals surface area contributed by atoms with Gasteiger partial charge in [-0.3, -0.25) is 4.79 Å². The second-order valence-corrected chi connectivity index (χ2v) is 3.49. The van der Waals surface area contributed by atoms with Crippen LogP contribution in [0.4, 0.5) is 13.2 Å². The van der Waals surface area contributed by atoms with Crippen molar-refractivity contribution in [1.29, 1.82) is 0 Å². The minimum atomic E-state index is -4.27. The Labute approximate surface area is 81.1 Å². The van der Waals surface area contributed by atoms with Gasteiger partial charge in [-0.2, -0.15) is 13.2 Å². The molecule has 82 valence electrons. The molecule has 14 heavy (non-hydrogen) atoms. The lowest BCUT2D eigenvalue weighted by Gasteiger charge is -2.36. The van der Waals surface area contributed by atoms with Gasteiger partial charge in [0.15, 0.2) is 0 Å². The molecule has 1 fully saturated rings. The minimum absolute atomic E-state index is 0.0508. The highest BCUT2D eigenvalue weighted by atomic mass is 19.4. The average Bonchev–Trinajstić information content (AvgIpc) is 2.15. The van der Waals surface area contributed by atoms with E-state index in [1.165, 1.54) is 0 Å². The van der Waals surface area contributed by atoms with E-state index in [-0.39, 0.29) is 19.4 Å². The quantitative estimate of drug-likeness (QED) is 0.649. The zero-order chi connectivity index (χ0) is 10.8. The Morgan fingerprint density at radius 2 is 2.07 bits per heavy atom. The third kappa shape index (κ3) is 2.39. The summed E-state index contributed by atoms with van der Waals surface area (Å²) in [5.74, 6) is -0.396. The Hall–Kier alpha value is -0.740. The highest BCUT2D eigenvalue weighted by molar-refractivity contribution is 5.76.